The van der Waals surface area contributed by atoms with Gasteiger partial charge >= 0.3 is 0 Å². The van der Waals surface area contributed by atoms with E-state index in [4.69, 9.17) is 0 Å². The lowest BCUT2D eigenvalue weighted by atomic mass is 9.97. The van der Waals surface area contributed by atoms with Crippen molar-refractivity contribution >= 4 is 17.7 Å². The van der Waals surface area contributed by atoms with Crippen LogP contribution in [0.5, 0.6) is 0 Å². The lowest BCUT2D eigenvalue weighted by molar-refractivity contribution is -0.122. The highest BCUT2D eigenvalue weighted by Crippen LogP contribution is 2.18. The Balaban J connectivity index is 2.39. The minimum absolute atomic E-state index is 0.0160. The fraction of sp³-hybridized carbons (Fsp3) is 0.533. The van der Waals surface area contributed by atoms with E-state index in [-0.39, 0.29) is 11.8 Å². The first kappa shape index (κ1) is 16.1. The fourth-order valence-corrected chi connectivity index (χ4v) is 2.62. The Hall–Kier alpha value is -1.00. The number of benzene rings is 1. The van der Waals surface area contributed by atoms with Crippen LogP contribution in [0, 0.1) is 0 Å². The van der Waals surface area contributed by atoms with Crippen molar-refractivity contribution in [2.45, 2.75) is 31.8 Å². The molecule has 19 heavy (non-hydrogen) atoms. The van der Waals surface area contributed by atoms with Crippen LogP contribution in [0.15, 0.2) is 30.3 Å². The molecule has 0 bridgehead atoms. The van der Waals surface area contributed by atoms with Gasteiger partial charge in [-0.05, 0) is 24.7 Å². The Labute approximate surface area is 119 Å². The normalized spacial score (nSPS) is 15.6. The van der Waals surface area contributed by atoms with Gasteiger partial charge in [0.15, 0.2) is 0 Å². The van der Waals surface area contributed by atoms with E-state index < -0.39 is 5.60 Å². The van der Waals surface area contributed by atoms with Gasteiger partial charge in [-0.1, -0.05) is 37.3 Å². The van der Waals surface area contributed by atoms with E-state index in [1.165, 1.54) is 0 Å². The maximum absolute atomic E-state index is 11.8. The van der Waals surface area contributed by atoms with Crippen LogP contribution in [0.25, 0.3) is 0 Å². The van der Waals surface area contributed by atoms with Gasteiger partial charge in [-0.2, -0.15) is 11.8 Å². The summed E-state index contributed by atoms with van der Waals surface area (Å²) in [6, 6.07) is 9.99. The molecule has 1 aromatic rings. The van der Waals surface area contributed by atoms with Gasteiger partial charge in [0.05, 0.1) is 5.60 Å². The summed E-state index contributed by atoms with van der Waals surface area (Å²) >= 11 is 1.57. The van der Waals surface area contributed by atoms with Gasteiger partial charge in [-0.3, -0.25) is 4.79 Å². The van der Waals surface area contributed by atoms with Crippen LogP contribution in [-0.2, 0) is 4.79 Å². The quantitative estimate of drug-likeness (QED) is 0.807. The number of nitrogens with one attached hydrogen (secondary N) is 1. The van der Waals surface area contributed by atoms with Crippen LogP contribution in [0.1, 0.15) is 31.7 Å². The molecule has 106 valence electrons. The molecule has 0 heterocycles. The maximum Gasteiger partial charge on any atom is 0.220 e. The molecule has 1 amide bonds. The predicted octanol–water partition coefficient (Wildman–Crippen LogP) is 2.41. The number of rotatable bonds is 7. The van der Waals surface area contributed by atoms with Crippen LogP contribution in [0.4, 0.5) is 0 Å². The van der Waals surface area contributed by atoms with Crippen molar-refractivity contribution in [2.24, 2.45) is 0 Å². The monoisotopic (exact) mass is 281 g/mol. The largest absolute Gasteiger partial charge is 0.387 e. The Morgan fingerprint density at radius 1 is 1.42 bits per heavy atom. The van der Waals surface area contributed by atoms with E-state index in [2.05, 4.69) is 5.32 Å². The van der Waals surface area contributed by atoms with Gasteiger partial charge in [0.1, 0.15) is 0 Å². The molecule has 2 N–H and O–H groups in total. The third-order valence-corrected chi connectivity index (χ3v) is 3.89. The first-order valence-electron chi connectivity index (χ1n) is 6.47. The van der Waals surface area contributed by atoms with Crippen molar-refractivity contribution in [3.63, 3.8) is 0 Å². The van der Waals surface area contributed by atoms with Crippen LogP contribution in [-0.4, -0.2) is 35.2 Å². The molecule has 0 spiro atoms. The molecule has 2 unspecified atom stereocenters. The molecule has 0 aliphatic rings. The van der Waals surface area contributed by atoms with E-state index in [0.29, 0.717) is 18.7 Å². The topological polar surface area (TPSA) is 49.3 Å². The molecule has 1 rings (SSSR count). The van der Waals surface area contributed by atoms with Crippen molar-refractivity contribution in [2.75, 3.05) is 18.6 Å². The molecule has 0 aliphatic heterocycles. The molecule has 3 nitrogen and oxygen atoms in total. The molecule has 0 saturated heterocycles. The predicted molar refractivity (Wildman–Crippen MR) is 81.5 cm³/mol. The molecule has 0 aliphatic carbocycles. The minimum atomic E-state index is -0.842. The smallest absolute Gasteiger partial charge is 0.220 e. The highest BCUT2D eigenvalue weighted by Gasteiger charge is 2.21. The number of carbonyl (C=O) groups is 1. The zero-order chi connectivity index (χ0) is 14.3. The van der Waals surface area contributed by atoms with E-state index in [1.807, 2.05) is 43.5 Å². The van der Waals surface area contributed by atoms with Crippen LogP contribution >= 0.6 is 11.8 Å². The summed E-state index contributed by atoms with van der Waals surface area (Å²) in [5, 5.41) is 12.8. The Kier molecular flexibility index (Phi) is 6.38. The van der Waals surface area contributed by atoms with Crippen LogP contribution < -0.4 is 5.32 Å². The van der Waals surface area contributed by atoms with Crippen molar-refractivity contribution in [3.8, 4) is 0 Å². The third-order valence-electron chi connectivity index (χ3n) is 2.98. The van der Waals surface area contributed by atoms with Gasteiger partial charge < -0.3 is 10.4 Å². The summed E-state index contributed by atoms with van der Waals surface area (Å²) in [7, 11) is 0. The highest BCUT2D eigenvalue weighted by molar-refractivity contribution is 7.98. The average molecular weight is 281 g/mol. The van der Waals surface area contributed by atoms with E-state index in [1.54, 1.807) is 18.7 Å². The Morgan fingerprint density at radius 2 is 2.05 bits per heavy atom. The number of hydrogen-bond donors (Lipinski definition) is 2. The van der Waals surface area contributed by atoms with Gasteiger partial charge in [0, 0.05) is 18.7 Å². The maximum atomic E-state index is 11.8. The minimum Gasteiger partial charge on any atom is -0.387 e. The number of aliphatic hydroxyl groups is 1. The van der Waals surface area contributed by atoms with Crippen molar-refractivity contribution in [1.29, 1.82) is 0 Å². The third kappa shape index (κ3) is 6.12. The SMILES string of the molecule is CSCC(C)(O)CNC(=O)CC(C)c1ccccc1. The lowest BCUT2D eigenvalue weighted by Crippen LogP contribution is -2.42. The zero-order valence-corrected chi connectivity index (χ0v) is 12.7. The van der Waals surface area contributed by atoms with Gasteiger partial charge in [-0.15, -0.1) is 0 Å². The molecule has 0 fully saturated rings. The number of carbonyl (C=O) groups excluding carboxylic acids is 1. The molecule has 1 aromatic carbocycles. The standard InChI is InChI=1S/C15H23NO2S/c1-12(13-7-5-4-6-8-13)9-14(17)16-10-15(2,18)11-19-3/h4-8,12,18H,9-11H2,1-3H3,(H,16,17). The van der Waals surface area contributed by atoms with Crippen molar-refractivity contribution < 1.29 is 9.90 Å². The van der Waals surface area contributed by atoms with E-state index in [0.717, 1.165) is 5.56 Å². The second-order valence-electron chi connectivity index (χ2n) is 5.22. The second-order valence-corrected chi connectivity index (χ2v) is 6.09. The highest BCUT2D eigenvalue weighted by atomic mass is 32.2. The summed E-state index contributed by atoms with van der Waals surface area (Å²) < 4.78 is 0. The summed E-state index contributed by atoms with van der Waals surface area (Å²) in [4.78, 5) is 11.8. The summed E-state index contributed by atoms with van der Waals surface area (Å²) in [5.74, 6) is 0.783. The summed E-state index contributed by atoms with van der Waals surface area (Å²) in [6.45, 7) is 4.08. The van der Waals surface area contributed by atoms with Gasteiger partial charge in [0.2, 0.25) is 5.91 Å². The first-order valence-corrected chi connectivity index (χ1v) is 7.87. The van der Waals surface area contributed by atoms with Crippen LogP contribution in [0.3, 0.4) is 0 Å². The molecule has 0 saturated carbocycles. The molecule has 0 aromatic heterocycles. The van der Waals surface area contributed by atoms with Crippen molar-refractivity contribution in [3.05, 3.63) is 35.9 Å². The van der Waals surface area contributed by atoms with Crippen molar-refractivity contribution in [1.82, 2.24) is 5.32 Å². The Morgan fingerprint density at radius 3 is 2.63 bits per heavy atom. The van der Waals surface area contributed by atoms with Gasteiger partial charge in [0.25, 0.3) is 0 Å². The Bertz CT molecular complexity index is 392. The van der Waals surface area contributed by atoms with Gasteiger partial charge in [-0.25, -0.2) is 0 Å². The molecule has 2 atom stereocenters. The summed E-state index contributed by atoms with van der Waals surface area (Å²) in [5.41, 5.74) is 0.318. The van der Waals surface area contributed by atoms with E-state index >= 15 is 0 Å². The molecule has 0 radical (unpaired) electrons. The van der Waals surface area contributed by atoms with E-state index in [9.17, 15) is 9.90 Å². The first-order chi connectivity index (χ1) is 8.94. The lowest BCUT2D eigenvalue weighted by Gasteiger charge is -2.23. The molecular formula is C15H23NO2S. The fourth-order valence-electron chi connectivity index (χ4n) is 1.90. The summed E-state index contributed by atoms with van der Waals surface area (Å²) in [6.07, 6.45) is 2.38. The number of hydrogen-bond acceptors (Lipinski definition) is 3. The number of thioether (sulfide) groups is 1. The average Bonchev–Trinajstić information content (AvgIpc) is 2.37. The van der Waals surface area contributed by atoms with Crippen LogP contribution in [0.2, 0.25) is 0 Å². The zero-order valence-electron chi connectivity index (χ0n) is 11.8. The molecule has 4 heteroatoms. The molecular weight excluding hydrogens is 258 g/mol. The number of amides is 1. The second kappa shape index (κ2) is 7.56.